The van der Waals surface area contributed by atoms with Crippen LogP contribution < -0.4 is 14.8 Å². The van der Waals surface area contributed by atoms with Crippen molar-refractivity contribution in [3.05, 3.63) is 87.9 Å². The van der Waals surface area contributed by atoms with Crippen molar-refractivity contribution >= 4 is 21.6 Å². The topological polar surface area (TPSA) is 63.1 Å². The van der Waals surface area contributed by atoms with E-state index in [4.69, 9.17) is 14.5 Å². The second kappa shape index (κ2) is 9.54. The second-order valence-corrected chi connectivity index (χ2v) is 8.19. The fourth-order valence-electron chi connectivity index (χ4n) is 3.87. The highest BCUT2D eigenvalue weighted by Gasteiger charge is 2.29. The lowest BCUT2D eigenvalue weighted by atomic mass is 9.93. The van der Waals surface area contributed by atoms with E-state index in [9.17, 15) is 5.11 Å². The Hall–Kier alpha value is -2.83. The van der Waals surface area contributed by atoms with E-state index in [1.54, 1.807) is 13.2 Å². The number of ether oxygens (including phenoxy) is 2. The van der Waals surface area contributed by atoms with Crippen LogP contribution in [-0.4, -0.2) is 24.5 Å². The Morgan fingerprint density at radius 3 is 2.45 bits per heavy atom. The second-order valence-electron chi connectivity index (χ2n) is 7.28. The Morgan fingerprint density at radius 2 is 1.71 bits per heavy atom. The highest BCUT2D eigenvalue weighted by atomic mass is 79.9. The number of hydrogen-bond donors (Lipinski definition) is 2. The van der Waals surface area contributed by atoms with Crippen molar-refractivity contribution in [2.45, 2.75) is 25.6 Å². The van der Waals surface area contributed by atoms with Crippen LogP contribution in [-0.2, 0) is 0 Å². The minimum Gasteiger partial charge on any atom is -0.504 e. The molecule has 3 aromatic rings. The summed E-state index contributed by atoms with van der Waals surface area (Å²) in [6, 6.07) is 21.5. The van der Waals surface area contributed by atoms with Gasteiger partial charge in [0.2, 0.25) is 0 Å². The molecule has 0 bridgehead atoms. The van der Waals surface area contributed by atoms with Crippen molar-refractivity contribution < 1.29 is 14.6 Å². The van der Waals surface area contributed by atoms with Crippen molar-refractivity contribution in [1.29, 1.82) is 0 Å². The molecule has 2 N–H and O–H groups in total. The minimum absolute atomic E-state index is 0.147. The summed E-state index contributed by atoms with van der Waals surface area (Å²) < 4.78 is 12.2. The summed E-state index contributed by atoms with van der Waals surface area (Å²) in [6.45, 7) is 2.39. The van der Waals surface area contributed by atoms with Crippen LogP contribution in [0.25, 0.3) is 0 Å². The predicted octanol–water partition coefficient (Wildman–Crippen LogP) is 5.78. The van der Waals surface area contributed by atoms with Gasteiger partial charge in [0.25, 0.3) is 0 Å². The first-order valence-corrected chi connectivity index (χ1v) is 11.1. The van der Waals surface area contributed by atoms with E-state index >= 15 is 0 Å². The largest absolute Gasteiger partial charge is 0.504 e. The standard InChI is InChI=1S/C25H25BrN2O3/c1-3-31-23-10-6-8-18(24(23)29)21-15-20(16-11-13-17(26)14-12-16)27-25(28-21)19-7-4-5-9-22(19)30-2/h4-14,21,25,28-29H,3,15H2,1-2H3. The van der Waals surface area contributed by atoms with Crippen LogP contribution in [0, 0.1) is 0 Å². The number of phenolic OH excluding ortho intramolecular Hbond substituents is 1. The number of nitrogens with one attached hydrogen (secondary N) is 1. The van der Waals surface area contributed by atoms with Crippen LogP contribution in [0.3, 0.4) is 0 Å². The molecule has 3 aromatic carbocycles. The zero-order valence-corrected chi connectivity index (χ0v) is 19.1. The van der Waals surface area contributed by atoms with Crippen molar-refractivity contribution in [3.8, 4) is 17.2 Å². The minimum atomic E-state index is -0.316. The van der Waals surface area contributed by atoms with Crippen LogP contribution in [0.5, 0.6) is 17.2 Å². The van der Waals surface area contributed by atoms with Gasteiger partial charge in [-0.25, -0.2) is 0 Å². The third-order valence-electron chi connectivity index (χ3n) is 5.36. The van der Waals surface area contributed by atoms with Gasteiger partial charge in [-0.15, -0.1) is 0 Å². The number of aliphatic imine (C=N–C) groups is 1. The Labute approximate surface area is 190 Å². The van der Waals surface area contributed by atoms with Gasteiger partial charge in [-0.3, -0.25) is 10.3 Å². The molecule has 0 radical (unpaired) electrons. The predicted molar refractivity (Wildman–Crippen MR) is 126 cm³/mol. The van der Waals surface area contributed by atoms with Crippen molar-refractivity contribution in [2.24, 2.45) is 4.99 Å². The number of halogens is 1. The normalized spacial score (nSPS) is 18.4. The van der Waals surface area contributed by atoms with Gasteiger partial charge in [0.05, 0.1) is 13.7 Å². The molecule has 2 atom stereocenters. The summed E-state index contributed by atoms with van der Waals surface area (Å²) in [5, 5.41) is 14.5. The molecule has 160 valence electrons. The van der Waals surface area contributed by atoms with Crippen molar-refractivity contribution in [1.82, 2.24) is 5.32 Å². The summed E-state index contributed by atoms with van der Waals surface area (Å²) >= 11 is 3.50. The maximum absolute atomic E-state index is 10.9. The molecule has 0 fully saturated rings. The van der Waals surface area contributed by atoms with E-state index in [2.05, 4.69) is 33.4 Å². The van der Waals surface area contributed by atoms with Gasteiger partial charge in [-0.1, -0.05) is 58.4 Å². The van der Waals surface area contributed by atoms with Gasteiger partial charge in [0.1, 0.15) is 11.9 Å². The lowest BCUT2D eigenvalue weighted by Gasteiger charge is -2.31. The Balaban J connectivity index is 1.78. The number of aromatic hydroxyl groups is 1. The van der Waals surface area contributed by atoms with E-state index in [-0.39, 0.29) is 18.0 Å². The smallest absolute Gasteiger partial charge is 0.162 e. The number of para-hydroxylation sites is 2. The molecule has 2 unspecified atom stereocenters. The molecule has 1 aliphatic heterocycles. The van der Waals surface area contributed by atoms with E-state index in [1.807, 2.05) is 55.5 Å². The fourth-order valence-corrected chi connectivity index (χ4v) is 4.13. The van der Waals surface area contributed by atoms with Gasteiger partial charge >= 0.3 is 0 Å². The summed E-state index contributed by atoms with van der Waals surface area (Å²) in [6.07, 6.45) is 0.319. The number of hydrogen-bond acceptors (Lipinski definition) is 5. The first kappa shape index (κ1) is 21.4. The first-order chi connectivity index (χ1) is 15.1. The van der Waals surface area contributed by atoms with Crippen molar-refractivity contribution in [3.63, 3.8) is 0 Å². The molecule has 1 aliphatic rings. The van der Waals surface area contributed by atoms with E-state index < -0.39 is 0 Å². The van der Waals surface area contributed by atoms with E-state index in [0.717, 1.165) is 32.6 Å². The summed E-state index contributed by atoms with van der Waals surface area (Å²) in [5.74, 6) is 1.42. The number of phenols is 1. The first-order valence-electron chi connectivity index (χ1n) is 10.3. The SMILES string of the molecule is CCOc1cccc(C2CC(c3ccc(Br)cc3)=NC(c3ccccc3OC)N2)c1O. The molecule has 1 heterocycles. The average Bonchev–Trinajstić information content (AvgIpc) is 2.80. The molecular formula is C25H25BrN2O3. The maximum atomic E-state index is 10.9. The summed E-state index contributed by atoms with van der Waals surface area (Å²) in [7, 11) is 1.66. The number of methoxy groups -OCH3 is 1. The molecule has 5 nitrogen and oxygen atoms in total. The monoisotopic (exact) mass is 480 g/mol. The van der Waals surface area contributed by atoms with E-state index in [0.29, 0.717) is 18.8 Å². The Kier molecular flexibility index (Phi) is 6.59. The van der Waals surface area contributed by atoms with E-state index in [1.165, 1.54) is 0 Å². The highest BCUT2D eigenvalue weighted by molar-refractivity contribution is 9.10. The molecule has 31 heavy (non-hydrogen) atoms. The summed E-state index contributed by atoms with van der Waals surface area (Å²) in [5.41, 5.74) is 3.75. The molecule has 4 rings (SSSR count). The quantitative estimate of drug-likeness (QED) is 0.468. The molecule has 0 aliphatic carbocycles. The lowest BCUT2D eigenvalue weighted by Crippen LogP contribution is -2.33. The summed E-state index contributed by atoms with van der Waals surface area (Å²) in [4.78, 5) is 5.02. The Bertz CT molecular complexity index is 1080. The third kappa shape index (κ3) is 4.60. The zero-order chi connectivity index (χ0) is 21.8. The van der Waals surface area contributed by atoms with Crippen LogP contribution in [0.2, 0.25) is 0 Å². The Morgan fingerprint density at radius 1 is 1.00 bits per heavy atom. The van der Waals surface area contributed by atoms with Crippen molar-refractivity contribution in [2.75, 3.05) is 13.7 Å². The molecule has 0 saturated carbocycles. The van der Waals surface area contributed by atoms with Gasteiger partial charge in [0, 0.05) is 33.8 Å². The van der Waals surface area contributed by atoms with Gasteiger partial charge in [-0.2, -0.15) is 0 Å². The van der Waals surface area contributed by atoms with Gasteiger partial charge in [0.15, 0.2) is 11.5 Å². The van der Waals surface area contributed by atoms with Crippen LogP contribution in [0.4, 0.5) is 0 Å². The molecule has 6 heteroatoms. The zero-order valence-electron chi connectivity index (χ0n) is 17.5. The highest BCUT2D eigenvalue weighted by Crippen LogP contribution is 2.40. The van der Waals surface area contributed by atoms with Crippen LogP contribution in [0.1, 0.15) is 42.2 Å². The number of rotatable bonds is 6. The maximum Gasteiger partial charge on any atom is 0.162 e. The van der Waals surface area contributed by atoms with Gasteiger partial charge in [-0.05, 0) is 36.8 Å². The molecule has 0 saturated heterocycles. The molecular weight excluding hydrogens is 456 g/mol. The van der Waals surface area contributed by atoms with Gasteiger partial charge < -0.3 is 14.6 Å². The molecule has 0 spiro atoms. The third-order valence-corrected chi connectivity index (χ3v) is 5.89. The number of benzene rings is 3. The molecule has 0 amide bonds. The number of nitrogens with zero attached hydrogens (tertiary/aromatic N) is 1. The van der Waals surface area contributed by atoms with Crippen LogP contribution in [0.15, 0.2) is 76.2 Å². The lowest BCUT2D eigenvalue weighted by molar-refractivity contribution is 0.313. The average molecular weight is 481 g/mol. The van der Waals surface area contributed by atoms with Crippen LogP contribution >= 0.6 is 15.9 Å². The molecule has 0 aromatic heterocycles. The fraction of sp³-hybridized carbons (Fsp3) is 0.240.